The van der Waals surface area contributed by atoms with Gasteiger partial charge in [-0.15, -0.1) is 12.4 Å². The number of hydrogen-bond donors (Lipinski definition) is 2. The van der Waals surface area contributed by atoms with E-state index in [2.05, 4.69) is 5.32 Å². The molecule has 3 rings (SSSR count). The zero-order chi connectivity index (χ0) is 16.9. The minimum Gasteiger partial charge on any atom is -0.459 e. The van der Waals surface area contributed by atoms with Gasteiger partial charge >= 0.3 is 0 Å². The Morgan fingerprint density at radius 3 is 2.64 bits per heavy atom. The van der Waals surface area contributed by atoms with E-state index in [1.807, 2.05) is 24.3 Å². The molecule has 1 atom stereocenters. The van der Waals surface area contributed by atoms with Crippen LogP contribution in [0.5, 0.6) is 0 Å². The van der Waals surface area contributed by atoms with Crippen LogP contribution in [-0.2, 0) is 17.8 Å². The molecule has 1 aromatic heterocycles. The number of halogens is 1. The molecule has 1 aromatic carbocycles. The zero-order valence-corrected chi connectivity index (χ0v) is 14.6. The lowest BCUT2D eigenvalue weighted by molar-refractivity contribution is -0.126. The third-order valence-corrected chi connectivity index (χ3v) is 4.22. The molecule has 1 unspecified atom stereocenters. The first-order valence-electron chi connectivity index (χ1n) is 8.09. The molecule has 6 nitrogen and oxygen atoms in total. The van der Waals surface area contributed by atoms with Crippen molar-refractivity contribution in [3.05, 3.63) is 59.5 Å². The molecule has 0 saturated carbocycles. The fourth-order valence-electron chi connectivity index (χ4n) is 2.94. The summed E-state index contributed by atoms with van der Waals surface area (Å²) in [5, 5.41) is 2.87. The van der Waals surface area contributed by atoms with Gasteiger partial charge in [0, 0.05) is 19.5 Å². The standard InChI is InChI=1S/C18H21N3O3.ClH/c19-8-4-9-20-17(22)15-11-13-5-1-2-6-14(13)12-21(15)18(23)16-7-3-10-24-16;/h1-3,5-7,10,15H,4,8-9,11-12,19H2,(H,20,22);1H. The van der Waals surface area contributed by atoms with Gasteiger partial charge in [0.15, 0.2) is 5.76 Å². The van der Waals surface area contributed by atoms with Gasteiger partial charge in [-0.25, -0.2) is 0 Å². The van der Waals surface area contributed by atoms with Crippen molar-refractivity contribution in [3.63, 3.8) is 0 Å². The van der Waals surface area contributed by atoms with Gasteiger partial charge in [-0.05, 0) is 36.2 Å². The molecule has 25 heavy (non-hydrogen) atoms. The molecule has 1 aliphatic rings. The normalized spacial score (nSPS) is 15.9. The summed E-state index contributed by atoms with van der Waals surface area (Å²) in [5.74, 6) is -0.180. The molecule has 2 heterocycles. The highest BCUT2D eigenvalue weighted by Crippen LogP contribution is 2.25. The number of rotatable bonds is 5. The van der Waals surface area contributed by atoms with Crippen LogP contribution >= 0.6 is 12.4 Å². The summed E-state index contributed by atoms with van der Waals surface area (Å²) in [6, 6.07) is 10.6. The van der Waals surface area contributed by atoms with Crippen LogP contribution in [0.3, 0.4) is 0 Å². The number of hydrogen-bond acceptors (Lipinski definition) is 4. The molecule has 0 saturated heterocycles. The number of amides is 2. The topological polar surface area (TPSA) is 88.6 Å². The van der Waals surface area contributed by atoms with Gasteiger partial charge in [0.25, 0.3) is 5.91 Å². The Bertz CT molecular complexity index is 718. The first kappa shape index (κ1) is 19.0. The van der Waals surface area contributed by atoms with Crippen LogP contribution in [0.2, 0.25) is 0 Å². The van der Waals surface area contributed by atoms with E-state index in [1.165, 1.54) is 6.26 Å². The first-order chi connectivity index (χ1) is 11.7. The Balaban J connectivity index is 0.00000225. The number of carbonyl (C=O) groups is 2. The monoisotopic (exact) mass is 363 g/mol. The van der Waals surface area contributed by atoms with Gasteiger partial charge in [-0.1, -0.05) is 24.3 Å². The predicted molar refractivity (Wildman–Crippen MR) is 96.4 cm³/mol. The fraction of sp³-hybridized carbons (Fsp3) is 0.333. The summed E-state index contributed by atoms with van der Waals surface area (Å²) in [6.45, 7) is 1.42. The summed E-state index contributed by atoms with van der Waals surface area (Å²) in [7, 11) is 0. The van der Waals surface area contributed by atoms with Gasteiger partial charge in [-0.2, -0.15) is 0 Å². The van der Waals surface area contributed by atoms with E-state index < -0.39 is 6.04 Å². The number of carbonyl (C=O) groups excluding carboxylic acids is 2. The van der Waals surface area contributed by atoms with Crippen LogP contribution in [0.1, 0.15) is 28.1 Å². The number of nitrogens with two attached hydrogens (primary N) is 1. The molecule has 0 bridgehead atoms. The van der Waals surface area contributed by atoms with E-state index in [-0.39, 0.29) is 30.0 Å². The van der Waals surface area contributed by atoms with E-state index in [1.54, 1.807) is 17.0 Å². The number of benzene rings is 1. The second kappa shape index (κ2) is 8.69. The van der Waals surface area contributed by atoms with Crippen LogP contribution in [0, 0.1) is 0 Å². The maximum Gasteiger partial charge on any atom is 0.290 e. The molecule has 0 radical (unpaired) electrons. The van der Waals surface area contributed by atoms with Gasteiger partial charge < -0.3 is 20.4 Å². The fourth-order valence-corrected chi connectivity index (χ4v) is 2.94. The second-order valence-corrected chi connectivity index (χ2v) is 5.83. The van der Waals surface area contributed by atoms with Crippen molar-refractivity contribution in [3.8, 4) is 0 Å². The average Bonchev–Trinajstić information content (AvgIpc) is 3.14. The van der Waals surface area contributed by atoms with Crippen molar-refractivity contribution in [2.75, 3.05) is 13.1 Å². The maximum atomic E-state index is 12.7. The van der Waals surface area contributed by atoms with Crippen molar-refractivity contribution in [1.82, 2.24) is 10.2 Å². The van der Waals surface area contributed by atoms with E-state index in [4.69, 9.17) is 10.2 Å². The number of nitrogens with zero attached hydrogens (tertiary/aromatic N) is 1. The predicted octanol–water partition coefficient (Wildman–Crippen LogP) is 1.73. The lowest BCUT2D eigenvalue weighted by Gasteiger charge is -2.35. The maximum absolute atomic E-state index is 12.7. The van der Waals surface area contributed by atoms with Crippen LogP contribution in [0.25, 0.3) is 0 Å². The Morgan fingerprint density at radius 2 is 1.96 bits per heavy atom. The van der Waals surface area contributed by atoms with Crippen LogP contribution < -0.4 is 11.1 Å². The van der Waals surface area contributed by atoms with E-state index in [0.29, 0.717) is 32.5 Å². The highest BCUT2D eigenvalue weighted by Gasteiger charge is 2.35. The lowest BCUT2D eigenvalue weighted by atomic mass is 9.93. The van der Waals surface area contributed by atoms with Crippen molar-refractivity contribution >= 4 is 24.2 Å². The van der Waals surface area contributed by atoms with E-state index in [9.17, 15) is 9.59 Å². The lowest BCUT2D eigenvalue weighted by Crippen LogP contribution is -2.52. The molecular formula is C18H22ClN3O3. The van der Waals surface area contributed by atoms with Crippen molar-refractivity contribution in [2.45, 2.75) is 25.4 Å². The Kier molecular flexibility index (Phi) is 6.61. The zero-order valence-electron chi connectivity index (χ0n) is 13.8. The first-order valence-corrected chi connectivity index (χ1v) is 8.09. The molecular weight excluding hydrogens is 342 g/mol. The van der Waals surface area contributed by atoms with Gasteiger partial charge in [-0.3, -0.25) is 9.59 Å². The van der Waals surface area contributed by atoms with Crippen LogP contribution in [0.4, 0.5) is 0 Å². The van der Waals surface area contributed by atoms with Gasteiger partial charge in [0.05, 0.1) is 6.26 Å². The largest absolute Gasteiger partial charge is 0.459 e. The van der Waals surface area contributed by atoms with Crippen molar-refractivity contribution in [2.24, 2.45) is 5.73 Å². The molecule has 7 heteroatoms. The number of furan rings is 1. The molecule has 1 aliphatic heterocycles. The highest BCUT2D eigenvalue weighted by atomic mass is 35.5. The average molecular weight is 364 g/mol. The summed E-state index contributed by atoms with van der Waals surface area (Å²) >= 11 is 0. The summed E-state index contributed by atoms with van der Waals surface area (Å²) < 4.78 is 5.22. The summed E-state index contributed by atoms with van der Waals surface area (Å²) in [5.41, 5.74) is 7.62. The molecule has 0 fully saturated rings. The summed E-state index contributed by atoms with van der Waals surface area (Å²) in [6.07, 6.45) is 2.67. The Labute approximate surface area is 152 Å². The minimum atomic E-state index is -0.546. The third-order valence-electron chi connectivity index (χ3n) is 4.22. The minimum absolute atomic E-state index is 0. The number of nitrogens with one attached hydrogen (secondary N) is 1. The van der Waals surface area contributed by atoms with Crippen LogP contribution in [0.15, 0.2) is 47.1 Å². The summed E-state index contributed by atoms with van der Waals surface area (Å²) in [4.78, 5) is 26.9. The molecule has 2 aromatic rings. The van der Waals surface area contributed by atoms with Gasteiger partial charge in [0.1, 0.15) is 6.04 Å². The smallest absolute Gasteiger partial charge is 0.290 e. The van der Waals surface area contributed by atoms with E-state index in [0.717, 1.165) is 11.1 Å². The Morgan fingerprint density at radius 1 is 1.20 bits per heavy atom. The molecule has 134 valence electrons. The second-order valence-electron chi connectivity index (χ2n) is 5.83. The number of fused-ring (bicyclic) bond motifs is 1. The highest BCUT2D eigenvalue weighted by molar-refractivity contribution is 5.96. The molecule has 3 N–H and O–H groups in total. The van der Waals surface area contributed by atoms with Gasteiger partial charge in [0.2, 0.25) is 5.91 Å². The third kappa shape index (κ3) is 4.21. The van der Waals surface area contributed by atoms with Crippen LogP contribution in [-0.4, -0.2) is 35.8 Å². The van der Waals surface area contributed by atoms with Crippen molar-refractivity contribution in [1.29, 1.82) is 0 Å². The van der Waals surface area contributed by atoms with Crippen molar-refractivity contribution < 1.29 is 14.0 Å². The molecule has 0 aliphatic carbocycles. The molecule has 0 spiro atoms. The van der Waals surface area contributed by atoms with E-state index >= 15 is 0 Å². The molecule has 2 amide bonds. The Hall–Kier alpha value is -2.31. The quantitative estimate of drug-likeness (QED) is 0.792. The SMILES string of the molecule is Cl.NCCCNC(=O)C1Cc2ccccc2CN1C(=O)c1ccco1.